The first-order valence-corrected chi connectivity index (χ1v) is 7.91. The number of rotatable bonds is 5. The Morgan fingerprint density at radius 3 is 2.26 bits per heavy atom. The Labute approximate surface area is 153 Å². The monoisotopic (exact) mass is 378 g/mol. The molecule has 6 nitrogen and oxygen atoms in total. The van der Waals surface area contributed by atoms with E-state index in [9.17, 15) is 13.2 Å². The molecule has 0 spiro atoms. The first-order chi connectivity index (χ1) is 12.8. The normalized spacial score (nSPS) is 12.7. The predicted octanol–water partition coefficient (Wildman–Crippen LogP) is 3.56. The average Bonchev–Trinajstić information content (AvgIpc) is 3.16. The summed E-state index contributed by atoms with van der Waals surface area (Å²) in [5, 5.41) is 6.78. The number of nitrogens with two attached hydrogens (primary N) is 1. The van der Waals surface area contributed by atoms with Gasteiger partial charge in [-0.15, -0.1) is 0 Å². The van der Waals surface area contributed by atoms with Crippen LogP contribution in [0.3, 0.4) is 0 Å². The number of benzene rings is 2. The number of nitrogens with zero attached hydrogens (tertiary/aromatic N) is 2. The number of halogens is 3. The van der Waals surface area contributed by atoms with E-state index in [4.69, 9.17) is 15.2 Å². The van der Waals surface area contributed by atoms with Gasteiger partial charge in [0.2, 0.25) is 0 Å². The van der Waals surface area contributed by atoms with Crippen LogP contribution < -0.4 is 15.2 Å². The molecule has 0 bridgehead atoms. The van der Waals surface area contributed by atoms with Crippen molar-refractivity contribution in [2.75, 3.05) is 14.2 Å². The zero-order chi connectivity index (χ0) is 19.6. The van der Waals surface area contributed by atoms with Crippen molar-refractivity contribution in [1.29, 1.82) is 0 Å². The molecule has 2 aromatic carbocycles. The summed E-state index contributed by atoms with van der Waals surface area (Å²) in [6.45, 7) is 0. The highest BCUT2D eigenvalue weighted by Crippen LogP contribution is 2.32. The predicted molar refractivity (Wildman–Crippen MR) is 92.4 cm³/mol. The Morgan fingerprint density at radius 1 is 1.00 bits per heavy atom. The Balaban J connectivity index is 1.85. The molecule has 0 radical (unpaired) electrons. The largest absolute Gasteiger partial charge is 0.493 e. The quantitative estimate of drug-likeness (QED) is 0.709. The van der Waals surface area contributed by atoms with Gasteiger partial charge in [0.1, 0.15) is 5.82 Å². The number of alkyl halides is 3. The molecule has 0 amide bonds. The molecule has 0 fully saturated rings. The highest BCUT2D eigenvalue weighted by Gasteiger charge is 2.30. The second kappa shape index (κ2) is 7.28. The van der Waals surface area contributed by atoms with Gasteiger partial charge in [-0.3, -0.25) is 5.10 Å². The lowest BCUT2D eigenvalue weighted by Gasteiger charge is -2.13. The van der Waals surface area contributed by atoms with Gasteiger partial charge < -0.3 is 15.2 Å². The molecular formula is C18H17F3N4O2. The van der Waals surface area contributed by atoms with E-state index in [1.165, 1.54) is 26.4 Å². The van der Waals surface area contributed by atoms with Crippen molar-refractivity contribution < 1.29 is 22.6 Å². The number of aromatic amines is 1. The van der Waals surface area contributed by atoms with Crippen LogP contribution in [0, 0.1) is 0 Å². The van der Waals surface area contributed by atoms with Crippen molar-refractivity contribution in [2.24, 2.45) is 5.73 Å². The first-order valence-electron chi connectivity index (χ1n) is 7.91. The van der Waals surface area contributed by atoms with Crippen molar-refractivity contribution in [2.45, 2.75) is 12.2 Å². The Morgan fingerprint density at radius 2 is 1.67 bits per heavy atom. The van der Waals surface area contributed by atoms with Crippen LogP contribution in [0.2, 0.25) is 0 Å². The maximum Gasteiger partial charge on any atom is 0.416 e. The number of nitrogens with one attached hydrogen (secondary N) is 1. The summed E-state index contributed by atoms with van der Waals surface area (Å²) in [5.41, 5.74) is 6.65. The Hall–Kier alpha value is -3.07. The smallest absolute Gasteiger partial charge is 0.416 e. The van der Waals surface area contributed by atoms with Crippen LogP contribution in [0.1, 0.15) is 23.0 Å². The molecule has 27 heavy (non-hydrogen) atoms. The van der Waals surface area contributed by atoms with Crippen molar-refractivity contribution in [1.82, 2.24) is 15.2 Å². The number of ether oxygens (including phenoxy) is 2. The fraction of sp³-hybridized carbons (Fsp3) is 0.222. The molecule has 0 aliphatic carbocycles. The lowest BCUT2D eigenvalue weighted by Crippen LogP contribution is -2.14. The third kappa shape index (κ3) is 3.87. The standard InChI is InChI=1S/C18H17F3N4O2/c1-26-13-8-5-11(9-14(13)27-2)15(22)17-23-16(24-25-17)10-3-6-12(7-4-10)18(19,20)21/h3-9,15H,22H2,1-2H3,(H,23,24,25)/t15-/m0/s1. The van der Waals surface area contributed by atoms with Crippen LogP contribution in [0.15, 0.2) is 42.5 Å². The van der Waals surface area contributed by atoms with E-state index in [0.717, 1.165) is 12.1 Å². The van der Waals surface area contributed by atoms with Crippen molar-refractivity contribution in [3.8, 4) is 22.9 Å². The van der Waals surface area contributed by atoms with Gasteiger partial charge in [0.25, 0.3) is 0 Å². The van der Waals surface area contributed by atoms with Gasteiger partial charge >= 0.3 is 6.18 Å². The summed E-state index contributed by atoms with van der Waals surface area (Å²) in [6.07, 6.45) is -4.39. The molecule has 1 aromatic heterocycles. The van der Waals surface area contributed by atoms with Gasteiger partial charge in [-0.2, -0.15) is 18.3 Å². The van der Waals surface area contributed by atoms with E-state index in [0.29, 0.717) is 28.5 Å². The molecule has 0 saturated carbocycles. The lowest BCUT2D eigenvalue weighted by atomic mass is 10.1. The number of hydrogen-bond acceptors (Lipinski definition) is 5. The van der Waals surface area contributed by atoms with E-state index < -0.39 is 17.8 Å². The summed E-state index contributed by atoms with van der Waals surface area (Å²) >= 11 is 0. The lowest BCUT2D eigenvalue weighted by molar-refractivity contribution is -0.137. The fourth-order valence-corrected chi connectivity index (χ4v) is 2.55. The molecule has 3 N–H and O–H groups in total. The molecule has 0 aliphatic rings. The van der Waals surface area contributed by atoms with E-state index in [2.05, 4.69) is 15.2 Å². The summed E-state index contributed by atoms with van der Waals surface area (Å²) in [7, 11) is 3.05. The number of aromatic nitrogens is 3. The minimum Gasteiger partial charge on any atom is -0.493 e. The highest BCUT2D eigenvalue weighted by atomic mass is 19.4. The van der Waals surface area contributed by atoms with Gasteiger partial charge in [0.05, 0.1) is 25.8 Å². The number of hydrogen-bond donors (Lipinski definition) is 2. The molecule has 142 valence electrons. The van der Waals surface area contributed by atoms with E-state index >= 15 is 0 Å². The summed E-state index contributed by atoms with van der Waals surface area (Å²) in [5.74, 6) is 1.72. The van der Waals surface area contributed by atoms with Gasteiger partial charge in [-0.1, -0.05) is 18.2 Å². The number of methoxy groups -OCH3 is 2. The van der Waals surface area contributed by atoms with Crippen LogP contribution in [0.25, 0.3) is 11.4 Å². The molecule has 1 atom stereocenters. The van der Waals surface area contributed by atoms with Crippen molar-refractivity contribution in [3.05, 3.63) is 59.4 Å². The summed E-state index contributed by atoms with van der Waals surface area (Å²) in [6, 6.07) is 9.20. The summed E-state index contributed by atoms with van der Waals surface area (Å²) in [4.78, 5) is 4.30. The van der Waals surface area contributed by atoms with Gasteiger partial charge in [-0.05, 0) is 29.8 Å². The minimum atomic E-state index is -4.39. The molecule has 3 rings (SSSR count). The van der Waals surface area contributed by atoms with Gasteiger partial charge in [-0.25, -0.2) is 4.98 Å². The van der Waals surface area contributed by atoms with Crippen molar-refractivity contribution >= 4 is 0 Å². The highest BCUT2D eigenvalue weighted by molar-refractivity contribution is 5.55. The average molecular weight is 378 g/mol. The summed E-state index contributed by atoms with van der Waals surface area (Å²) < 4.78 is 48.4. The topological polar surface area (TPSA) is 86.0 Å². The van der Waals surface area contributed by atoms with E-state index in [-0.39, 0.29) is 5.82 Å². The van der Waals surface area contributed by atoms with Gasteiger partial charge in [0, 0.05) is 5.56 Å². The third-order valence-corrected chi connectivity index (χ3v) is 4.03. The molecule has 0 unspecified atom stereocenters. The van der Waals surface area contributed by atoms with Crippen LogP contribution in [0.5, 0.6) is 11.5 Å². The fourth-order valence-electron chi connectivity index (χ4n) is 2.55. The molecule has 0 saturated heterocycles. The van der Waals surface area contributed by atoms with Crippen LogP contribution >= 0.6 is 0 Å². The van der Waals surface area contributed by atoms with E-state index in [1.807, 2.05) is 0 Å². The van der Waals surface area contributed by atoms with Crippen LogP contribution in [0.4, 0.5) is 13.2 Å². The molecular weight excluding hydrogens is 361 g/mol. The second-order valence-electron chi connectivity index (χ2n) is 5.71. The molecule has 0 aliphatic heterocycles. The zero-order valence-corrected chi connectivity index (χ0v) is 14.5. The molecule has 1 heterocycles. The van der Waals surface area contributed by atoms with Crippen molar-refractivity contribution in [3.63, 3.8) is 0 Å². The molecule has 3 aromatic rings. The Kier molecular flexibility index (Phi) is 5.04. The maximum absolute atomic E-state index is 12.7. The van der Waals surface area contributed by atoms with E-state index in [1.54, 1.807) is 18.2 Å². The number of H-pyrrole nitrogens is 1. The van der Waals surface area contributed by atoms with Gasteiger partial charge in [0.15, 0.2) is 17.3 Å². The molecule has 9 heteroatoms. The third-order valence-electron chi connectivity index (χ3n) is 4.03. The second-order valence-corrected chi connectivity index (χ2v) is 5.71. The minimum absolute atomic E-state index is 0.259. The first kappa shape index (κ1) is 18.7. The zero-order valence-electron chi connectivity index (χ0n) is 14.5. The Bertz CT molecular complexity index is 923. The maximum atomic E-state index is 12.7. The SMILES string of the molecule is COc1ccc([C@H](N)c2nc(-c3ccc(C(F)(F)F)cc3)n[nH]2)cc1OC. The van der Waals surface area contributed by atoms with Crippen LogP contribution in [-0.4, -0.2) is 29.4 Å². The van der Waals surface area contributed by atoms with Crippen LogP contribution in [-0.2, 0) is 6.18 Å².